The second-order valence-corrected chi connectivity index (χ2v) is 8.13. The third-order valence-corrected chi connectivity index (χ3v) is 5.63. The van der Waals surface area contributed by atoms with Gasteiger partial charge < -0.3 is 15.3 Å². The van der Waals surface area contributed by atoms with Crippen molar-refractivity contribution in [3.05, 3.63) is 108 Å². The molecule has 0 bridgehead atoms. The number of fused-ring (bicyclic) bond motifs is 1. The number of amides is 1. The van der Waals surface area contributed by atoms with E-state index in [1.807, 2.05) is 73.5 Å². The van der Waals surface area contributed by atoms with Crippen LogP contribution in [0.2, 0.25) is 0 Å². The number of pyridine rings is 1. The van der Waals surface area contributed by atoms with Crippen molar-refractivity contribution < 1.29 is 14.7 Å². The number of carbonyl (C=O) groups excluding carboxylic acids is 1. The average molecular weight is 452 g/mol. The second kappa shape index (κ2) is 10.0. The van der Waals surface area contributed by atoms with Gasteiger partial charge in [-0.1, -0.05) is 42.5 Å². The average Bonchev–Trinajstić information content (AvgIpc) is 2.84. The van der Waals surface area contributed by atoms with E-state index in [-0.39, 0.29) is 17.2 Å². The number of hydrogen-bond donors (Lipinski definition) is 2. The SMILES string of the molecule is CC(=CC(=O)Nc1ccc(N(C)Cc2cccnc2)cc1C(=O)O)c1ccc2ccccc2c1. The van der Waals surface area contributed by atoms with Crippen LogP contribution in [0.25, 0.3) is 16.3 Å². The van der Waals surface area contributed by atoms with Crippen LogP contribution in [0.1, 0.15) is 28.4 Å². The Balaban J connectivity index is 1.52. The first-order valence-electron chi connectivity index (χ1n) is 10.9. The van der Waals surface area contributed by atoms with E-state index < -0.39 is 5.97 Å². The molecule has 1 heterocycles. The van der Waals surface area contributed by atoms with Crippen molar-refractivity contribution in [2.45, 2.75) is 13.5 Å². The molecule has 2 N–H and O–H groups in total. The number of nitrogens with one attached hydrogen (secondary N) is 1. The van der Waals surface area contributed by atoms with Gasteiger partial charge >= 0.3 is 5.97 Å². The van der Waals surface area contributed by atoms with E-state index in [2.05, 4.69) is 10.3 Å². The lowest BCUT2D eigenvalue weighted by Gasteiger charge is -2.20. The second-order valence-electron chi connectivity index (χ2n) is 8.13. The van der Waals surface area contributed by atoms with E-state index in [0.29, 0.717) is 6.54 Å². The zero-order valence-corrected chi connectivity index (χ0v) is 19.0. The minimum absolute atomic E-state index is 0.0284. The van der Waals surface area contributed by atoms with Gasteiger partial charge in [0.25, 0.3) is 0 Å². The van der Waals surface area contributed by atoms with Gasteiger partial charge in [0, 0.05) is 37.7 Å². The van der Waals surface area contributed by atoms with Crippen molar-refractivity contribution in [3.8, 4) is 0 Å². The minimum Gasteiger partial charge on any atom is -0.478 e. The third kappa shape index (κ3) is 5.30. The molecule has 34 heavy (non-hydrogen) atoms. The Morgan fingerprint density at radius 3 is 2.53 bits per heavy atom. The smallest absolute Gasteiger partial charge is 0.337 e. The summed E-state index contributed by atoms with van der Waals surface area (Å²) < 4.78 is 0. The van der Waals surface area contributed by atoms with Gasteiger partial charge in [0.2, 0.25) is 5.91 Å². The van der Waals surface area contributed by atoms with Crippen LogP contribution in [0, 0.1) is 0 Å². The molecule has 0 fully saturated rings. The highest BCUT2D eigenvalue weighted by molar-refractivity contribution is 6.07. The van der Waals surface area contributed by atoms with Gasteiger partial charge in [-0.2, -0.15) is 0 Å². The molecule has 0 saturated heterocycles. The summed E-state index contributed by atoms with van der Waals surface area (Å²) in [5, 5.41) is 14.7. The van der Waals surface area contributed by atoms with Gasteiger partial charge in [-0.05, 0) is 64.7 Å². The molecule has 0 saturated carbocycles. The first-order valence-corrected chi connectivity index (χ1v) is 10.9. The minimum atomic E-state index is -1.11. The number of rotatable bonds is 7. The number of aromatic nitrogens is 1. The van der Waals surface area contributed by atoms with Crippen molar-refractivity contribution in [1.82, 2.24) is 4.98 Å². The van der Waals surface area contributed by atoms with E-state index in [1.54, 1.807) is 30.6 Å². The number of benzene rings is 3. The fourth-order valence-corrected chi connectivity index (χ4v) is 3.80. The quantitative estimate of drug-likeness (QED) is 0.357. The molecule has 0 spiro atoms. The molecule has 4 aromatic rings. The number of aromatic carboxylic acids is 1. The molecule has 0 aliphatic carbocycles. The lowest BCUT2D eigenvalue weighted by Crippen LogP contribution is -2.18. The van der Waals surface area contributed by atoms with E-state index in [0.717, 1.165) is 33.2 Å². The van der Waals surface area contributed by atoms with Crippen LogP contribution in [-0.4, -0.2) is 29.0 Å². The number of anilines is 2. The maximum atomic E-state index is 12.7. The fraction of sp³-hybridized carbons (Fsp3) is 0.107. The van der Waals surface area contributed by atoms with Gasteiger partial charge in [-0.25, -0.2) is 4.79 Å². The van der Waals surface area contributed by atoms with Crippen LogP contribution < -0.4 is 10.2 Å². The van der Waals surface area contributed by atoms with Gasteiger partial charge in [0.15, 0.2) is 0 Å². The van der Waals surface area contributed by atoms with Gasteiger partial charge in [0.05, 0.1) is 11.3 Å². The van der Waals surface area contributed by atoms with Crippen LogP contribution in [0.5, 0.6) is 0 Å². The molecular weight excluding hydrogens is 426 g/mol. The monoisotopic (exact) mass is 451 g/mol. The first-order chi connectivity index (χ1) is 16.4. The van der Waals surface area contributed by atoms with Crippen molar-refractivity contribution in [1.29, 1.82) is 0 Å². The zero-order chi connectivity index (χ0) is 24.1. The lowest BCUT2D eigenvalue weighted by atomic mass is 10.0. The molecule has 1 amide bonds. The fourth-order valence-electron chi connectivity index (χ4n) is 3.80. The highest BCUT2D eigenvalue weighted by Crippen LogP contribution is 2.25. The molecular formula is C28H25N3O3. The highest BCUT2D eigenvalue weighted by Gasteiger charge is 2.15. The van der Waals surface area contributed by atoms with E-state index in [9.17, 15) is 14.7 Å². The third-order valence-electron chi connectivity index (χ3n) is 5.63. The Morgan fingerprint density at radius 2 is 1.79 bits per heavy atom. The molecule has 1 aromatic heterocycles. The maximum Gasteiger partial charge on any atom is 0.337 e. The molecule has 6 heteroatoms. The summed E-state index contributed by atoms with van der Waals surface area (Å²) in [5.41, 5.74) is 3.72. The van der Waals surface area contributed by atoms with Gasteiger partial charge in [-0.15, -0.1) is 0 Å². The summed E-state index contributed by atoms with van der Waals surface area (Å²) >= 11 is 0. The predicted octanol–water partition coefficient (Wildman–Crippen LogP) is 5.61. The van der Waals surface area contributed by atoms with Crippen LogP contribution in [0.15, 0.2) is 91.3 Å². The summed E-state index contributed by atoms with van der Waals surface area (Å²) in [6.45, 7) is 2.44. The molecule has 170 valence electrons. The van der Waals surface area contributed by atoms with Crippen LogP contribution in [0.4, 0.5) is 11.4 Å². The Morgan fingerprint density at radius 1 is 1.00 bits per heavy atom. The lowest BCUT2D eigenvalue weighted by molar-refractivity contribution is -0.111. The number of carboxylic acids is 1. The molecule has 0 radical (unpaired) electrons. The number of allylic oxidation sites excluding steroid dienone is 1. The van der Waals surface area contributed by atoms with E-state index in [1.165, 1.54) is 6.08 Å². The van der Waals surface area contributed by atoms with Crippen molar-refractivity contribution >= 4 is 39.6 Å². The Labute approximate surface area is 198 Å². The zero-order valence-electron chi connectivity index (χ0n) is 19.0. The molecule has 0 atom stereocenters. The topological polar surface area (TPSA) is 82.5 Å². The van der Waals surface area contributed by atoms with Gasteiger partial charge in [-0.3, -0.25) is 9.78 Å². The van der Waals surface area contributed by atoms with Crippen molar-refractivity contribution in [2.24, 2.45) is 0 Å². The summed E-state index contributed by atoms with van der Waals surface area (Å²) in [7, 11) is 1.88. The number of carboxylic acid groups (broad SMARTS) is 1. The molecule has 3 aromatic carbocycles. The van der Waals surface area contributed by atoms with Gasteiger partial charge in [0.1, 0.15) is 0 Å². The number of nitrogens with zero attached hydrogens (tertiary/aromatic N) is 2. The Bertz CT molecular complexity index is 1380. The van der Waals surface area contributed by atoms with Crippen LogP contribution in [-0.2, 0) is 11.3 Å². The maximum absolute atomic E-state index is 12.7. The molecule has 0 aliphatic rings. The molecule has 4 rings (SSSR count). The van der Waals surface area contributed by atoms with E-state index >= 15 is 0 Å². The van der Waals surface area contributed by atoms with Crippen LogP contribution >= 0.6 is 0 Å². The van der Waals surface area contributed by atoms with Crippen molar-refractivity contribution in [3.63, 3.8) is 0 Å². The number of carbonyl (C=O) groups is 2. The highest BCUT2D eigenvalue weighted by atomic mass is 16.4. The predicted molar refractivity (Wildman–Crippen MR) is 136 cm³/mol. The largest absolute Gasteiger partial charge is 0.478 e. The summed E-state index contributed by atoms with van der Waals surface area (Å²) in [6, 6.07) is 22.8. The Kier molecular flexibility index (Phi) is 6.69. The van der Waals surface area contributed by atoms with Crippen LogP contribution in [0.3, 0.4) is 0 Å². The molecule has 0 aliphatic heterocycles. The Hall–Kier alpha value is -4.45. The normalized spacial score (nSPS) is 11.3. The first kappa shape index (κ1) is 22.7. The summed E-state index contributed by atoms with van der Waals surface area (Å²) in [4.78, 5) is 30.6. The number of hydrogen-bond acceptors (Lipinski definition) is 4. The van der Waals surface area contributed by atoms with Crippen molar-refractivity contribution in [2.75, 3.05) is 17.3 Å². The molecule has 0 unspecified atom stereocenters. The summed E-state index contributed by atoms with van der Waals surface area (Å²) in [5.74, 6) is -1.49. The standard InChI is InChI=1S/C28H25N3O3/c1-19(22-10-9-21-7-3-4-8-23(21)15-22)14-27(32)30-26-12-11-24(16-25(26)28(33)34)31(2)18-20-6-5-13-29-17-20/h3-17H,18H2,1-2H3,(H,30,32)(H,33,34). The molecule has 6 nitrogen and oxygen atoms in total. The van der Waals surface area contributed by atoms with E-state index in [4.69, 9.17) is 0 Å². The summed E-state index contributed by atoms with van der Waals surface area (Å²) in [6.07, 6.45) is 4.96.